The molecule has 0 aromatic heterocycles. The number of carbonyl (C=O) groups is 2. The molecule has 0 aromatic rings. The van der Waals surface area contributed by atoms with Gasteiger partial charge in [0.05, 0.1) is 20.3 Å². The number of rotatable bonds is 4. The van der Waals surface area contributed by atoms with Gasteiger partial charge in [0.1, 0.15) is 5.41 Å². The molecule has 1 saturated heterocycles. The van der Waals surface area contributed by atoms with Crippen LogP contribution in [0.2, 0.25) is 0 Å². The Hall–Kier alpha value is -1.46. The minimum absolute atomic E-state index is 0.122. The molecule has 0 unspecified atom stereocenters. The number of methoxy groups -OCH3 is 1. The minimum Gasteiger partial charge on any atom is -0.468 e. The second kappa shape index (κ2) is 5.46. The van der Waals surface area contributed by atoms with Crippen LogP contribution < -0.4 is 0 Å². The molecule has 0 radical (unpaired) electrons. The Morgan fingerprint density at radius 2 is 2.00 bits per heavy atom. The van der Waals surface area contributed by atoms with Crippen molar-refractivity contribution in [2.45, 2.75) is 19.1 Å². The summed E-state index contributed by atoms with van der Waals surface area (Å²) in [6, 6.07) is 0. The van der Waals surface area contributed by atoms with Gasteiger partial charge in [-0.25, -0.2) is 0 Å². The fourth-order valence-corrected chi connectivity index (χ4v) is 2.10. The lowest BCUT2D eigenvalue weighted by Crippen LogP contribution is -2.31. The summed E-state index contributed by atoms with van der Waals surface area (Å²) in [7, 11) is 1.34. The first kappa shape index (κ1) is 13.0. The van der Waals surface area contributed by atoms with E-state index in [1.54, 1.807) is 12.2 Å². The maximum absolute atomic E-state index is 11.9. The third kappa shape index (κ3) is 2.68. The molecule has 1 fully saturated rings. The number of allylic oxidation sites excluding steroid dienone is 2. The molecule has 1 aliphatic carbocycles. The van der Waals surface area contributed by atoms with Crippen LogP contribution in [0.3, 0.4) is 0 Å². The zero-order valence-corrected chi connectivity index (χ0v) is 10.3. The number of hydrogen-bond donors (Lipinski definition) is 0. The van der Waals surface area contributed by atoms with Gasteiger partial charge in [0.2, 0.25) is 0 Å². The highest BCUT2D eigenvalue weighted by molar-refractivity contribution is 6.02. The van der Waals surface area contributed by atoms with Gasteiger partial charge in [-0.05, 0) is 18.6 Å². The smallest absolute Gasteiger partial charge is 0.319 e. The van der Waals surface area contributed by atoms with Crippen molar-refractivity contribution < 1.29 is 23.8 Å². The average molecular weight is 252 g/mol. The SMILES string of the molecule is COC(=O)C1(CCC2OCCO2)C=CC(=O)C=C1. The Balaban J connectivity index is 2.05. The topological polar surface area (TPSA) is 61.8 Å². The second-order valence-electron chi connectivity index (χ2n) is 4.31. The minimum atomic E-state index is -0.877. The fraction of sp³-hybridized carbons (Fsp3) is 0.538. The van der Waals surface area contributed by atoms with Crippen molar-refractivity contribution in [3.8, 4) is 0 Å². The zero-order chi connectivity index (χ0) is 13.0. The van der Waals surface area contributed by atoms with Gasteiger partial charge in [0.15, 0.2) is 12.1 Å². The predicted octanol–water partition coefficient (Wildman–Crippen LogP) is 0.994. The van der Waals surface area contributed by atoms with Gasteiger partial charge in [0, 0.05) is 6.42 Å². The number of esters is 1. The van der Waals surface area contributed by atoms with Gasteiger partial charge in [-0.1, -0.05) is 12.2 Å². The Kier molecular flexibility index (Phi) is 3.93. The first-order valence-electron chi connectivity index (χ1n) is 5.90. The maximum Gasteiger partial charge on any atom is 0.319 e. The molecule has 1 aliphatic heterocycles. The molecule has 18 heavy (non-hydrogen) atoms. The highest BCUT2D eigenvalue weighted by Crippen LogP contribution is 2.33. The van der Waals surface area contributed by atoms with Crippen LogP contribution in [0.4, 0.5) is 0 Å². The largest absolute Gasteiger partial charge is 0.468 e. The van der Waals surface area contributed by atoms with Crippen molar-refractivity contribution in [2.75, 3.05) is 20.3 Å². The normalized spacial score (nSPS) is 22.4. The van der Waals surface area contributed by atoms with Gasteiger partial charge in [-0.2, -0.15) is 0 Å². The highest BCUT2D eigenvalue weighted by Gasteiger charge is 2.37. The molecule has 0 saturated carbocycles. The second-order valence-corrected chi connectivity index (χ2v) is 4.31. The first-order valence-corrected chi connectivity index (χ1v) is 5.90. The van der Waals surface area contributed by atoms with Crippen LogP contribution in [0.25, 0.3) is 0 Å². The Labute approximate surface area is 105 Å². The molecule has 1 heterocycles. The quantitative estimate of drug-likeness (QED) is 0.698. The number of ketones is 1. The number of carbonyl (C=O) groups excluding carboxylic acids is 2. The zero-order valence-electron chi connectivity index (χ0n) is 10.3. The average Bonchev–Trinajstić information content (AvgIpc) is 2.91. The lowest BCUT2D eigenvalue weighted by Gasteiger charge is -2.26. The monoisotopic (exact) mass is 252 g/mol. The van der Waals surface area contributed by atoms with Crippen LogP contribution in [0.5, 0.6) is 0 Å². The van der Waals surface area contributed by atoms with Crippen LogP contribution in [-0.2, 0) is 23.8 Å². The Bertz CT molecular complexity index is 374. The third-order valence-corrected chi connectivity index (χ3v) is 3.14. The summed E-state index contributed by atoms with van der Waals surface area (Å²) in [5, 5.41) is 0. The highest BCUT2D eigenvalue weighted by atomic mass is 16.7. The van der Waals surface area contributed by atoms with Crippen molar-refractivity contribution in [1.82, 2.24) is 0 Å². The first-order chi connectivity index (χ1) is 8.66. The van der Waals surface area contributed by atoms with E-state index in [4.69, 9.17) is 14.2 Å². The third-order valence-electron chi connectivity index (χ3n) is 3.14. The van der Waals surface area contributed by atoms with Gasteiger partial charge >= 0.3 is 5.97 Å². The van der Waals surface area contributed by atoms with Crippen LogP contribution in [0.1, 0.15) is 12.8 Å². The molecule has 5 heteroatoms. The molecule has 0 spiro atoms. The molecule has 5 nitrogen and oxygen atoms in total. The van der Waals surface area contributed by atoms with Crippen molar-refractivity contribution >= 4 is 11.8 Å². The lowest BCUT2D eigenvalue weighted by atomic mass is 9.79. The van der Waals surface area contributed by atoms with Crippen molar-refractivity contribution in [3.05, 3.63) is 24.3 Å². The molecule has 98 valence electrons. The predicted molar refractivity (Wildman–Crippen MR) is 62.7 cm³/mol. The molecule has 0 N–H and O–H groups in total. The molecule has 2 rings (SSSR count). The van der Waals surface area contributed by atoms with Crippen LogP contribution in [-0.4, -0.2) is 38.4 Å². The van der Waals surface area contributed by atoms with Crippen molar-refractivity contribution in [2.24, 2.45) is 5.41 Å². The van der Waals surface area contributed by atoms with E-state index in [9.17, 15) is 9.59 Å². The maximum atomic E-state index is 11.9. The van der Waals surface area contributed by atoms with E-state index in [2.05, 4.69) is 0 Å². The van der Waals surface area contributed by atoms with Gasteiger partial charge in [-0.3, -0.25) is 9.59 Å². The van der Waals surface area contributed by atoms with E-state index >= 15 is 0 Å². The summed E-state index contributed by atoms with van der Waals surface area (Å²) in [5.74, 6) is -0.497. The summed E-state index contributed by atoms with van der Waals surface area (Å²) in [4.78, 5) is 23.0. The van der Waals surface area contributed by atoms with Crippen molar-refractivity contribution in [3.63, 3.8) is 0 Å². The van der Waals surface area contributed by atoms with Crippen molar-refractivity contribution in [1.29, 1.82) is 0 Å². The van der Waals surface area contributed by atoms with Crippen LogP contribution >= 0.6 is 0 Å². The van der Waals surface area contributed by atoms with E-state index in [0.717, 1.165) is 0 Å². The number of hydrogen-bond acceptors (Lipinski definition) is 5. The number of ether oxygens (including phenoxy) is 3. The molecule has 0 amide bonds. The summed E-state index contributed by atoms with van der Waals surface area (Å²) < 4.78 is 15.5. The van der Waals surface area contributed by atoms with E-state index in [1.807, 2.05) is 0 Å². The van der Waals surface area contributed by atoms with E-state index in [-0.39, 0.29) is 18.0 Å². The van der Waals surface area contributed by atoms with Gasteiger partial charge in [-0.15, -0.1) is 0 Å². The summed E-state index contributed by atoms with van der Waals surface area (Å²) in [5.41, 5.74) is -0.877. The summed E-state index contributed by atoms with van der Waals surface area (Å²) in [6.07, 6.45) is 6.78. The molecule has 2 aliphatic rings. The Morgan fingerprint density at radius 3 is 2.56 bits per heavy atom. The summed E-state index contributed by atoms with van der Waals surface area (Å²) in [6.45, 7) is 1.17. The Morgan fingerprint density at radius 1 is 1.39 bits per heavy atom. The molecule has 0 atom stereocenters. The van der Waals surface area contributed by atoms with E-state index < -0.39 is 5.41 Å². The van der Waals surface area contributed by atoms with Gasteiger partial charge < -0.3 is 14.2 Å². The van der Waals surface area contributed by atoms with E-state index in [0.29, 0.717) is 26.1 Å². The molecule has 0 bridgehead atoms. The van der Waals surface area contributed by atoms with Crippen LogP contribution in [0.15, 0.2) is 24.3 Å². The lowest BCUT2D eigenvalue weighted by molar-refractivity contribution is -0.148. The van der Waals surface area contributed by atoms with Gasteiger partial charge in [0.25, 0.3) is 0 Å². The molecular weight excluding hydrogens is 236 g/mol. The standard InChI is InChI=1S/C13H16O5/c1-16-12(15)13(5-2-10(14)3-6-13)7-4-11-17-8-9-18-11/h2-3,5-6,11H,4,7-9H2,1H3. The molecule has 0 aromatic carbocycles. The van der Waals surface area contributed by atoms with Crippen LogP contribution in [0, 0.1) is 5.41 Å². The fourth-order valence-electron chi connectivity index (χ4n) is 2.10. The molecular formula is C13H16O5. The van der Waals surface area contributed by atoms with E-state index in [1.165, 1.54) is 19.3 Å². The summed E-state index contributed by atoms with van der Waals surface area (Å²) >= 11 is 0.